The Morgan fingerprint density at radius 3 is 2.81 bits per heavy atom. The SMILES string of the molecule is COC(=O)CNS(=O)(=O)N1CCCC(C)C1. The fourth-order valence-corrected chi connectivity index (χ4v) is 2.98. The first-order valence-electron chi connectivity index (χ1n) is 5.27. The smallest absolute Gasteiger partial charge is 0.320 e. The standard InChI is InChI=1S/C9H18N2O4S/c1-8-4-3-5-11(7-8)16(13,14)10-6-9(12)15-2/h8,10H,3-7H2,1-2H3. The molecule has 0 aromatic rings. The van der Waals surface area contributed by atoms with Gasteiger partial charge in [0.25, 0.3) is 10.2 Å². The summed E-state index contributed by atoms with van der Waals surface area (Å²) in [5.41, 5.74) is 0. The molecule has 1 aliphatic heterocycles. The predicted molar refractivity (Wildman–Crippen MR) is 58.9 cm³/mol. The van der Waals surface area contributed by atoms with E-state index in [1.807, 2.05) is 6.92 Å². The number of hydrogen-bond donors (Lipinski definition) is 1. The van der Waals surface area contributed by atoms with E-state index < -0.39 is 16.2 Å². The van der Waals surface area contributed by atoms with Crippen molar-refractivity contribution in [2.24, 2.45) is 5.92 Å². The van der Waals surface area contributed by atoms with Crippen molar-refractivity contribution in [3.8, 4) is 0 Å². The molecule has 1 atom stereocenters. The maximum absolute atomic E-state index is 11.8. The normalized spacial score (nSPS) is 23.0. The first-order valence-corrected chi connectivity index (χ1v) is 6.71. The van der Waals surface area contributed by atoms with Crippen LogP contribution in [-0.2, 0) is 19.7 Å². The minimum Gasteiger partial charge on any atom is -0.468 e. The number of piperidine rings is 1. The quantitative estimate of drug-likeness (QED) is 0.697. The number of methoxy groups -OCH3 is 1. The van der Waals surface area contributed by atoms with Crippen molar-refractivity contribution < 1.29 is 17.9 Å². The van der Waals surface area contributed by atoms with Gasteiger partial charge in [-0.2, -0.15) is 17.4 Å². The van der Waals surface area contributed by atoms with Crippen LogP contribution in [-0.4, -0.2) is 45.4 Å². The van der Waals surface area contributed by atoms with Crippen molar-refractivity contribution in [1.82, 2.24) is 9.03 Å². The number of nitrogens with one attached hydrogen (secondary N) is 1. The summed E-state index contributed by atoms with van der Waals surface area (Å²) in [7, 11) is -2.32. The zero-order valence-electron chi connectivity index (χ0n) is 9.60. The van der Waals surface area contributed by atoms with Crippen LogP contribution in [0.1, 0.15) is 19.8 Å². The van der Waals surface area contributed by atoms with Gasteiger partial charge in [0.1, 0.15) is 6.54 Å². The zero-order valence-corrected chi connectivity index (χ0v) is 10.4. The number of rotatable bonds is 4. The van der Waals surface area contributed by atoms with Crippen LogP contribution in [0.4, 0.5) is 0 Å². The molecule has 94 valence electrons. The number of hydrogen-bond acceptors (Lipinski definition) is 4. The molecule has 1 saturated heterocycles. The van der Waals surface area contributed by atoms with Gasteiger partial charge in [-0.15, -0.1) is 0 Å². The van der Waals surface area contributed by atoms with Crippen LogP contribution in [0.2, 0.25) is 0 Å². The molecule has 1 heterocycles. The van der Waals surface area contributed by atoms with Crippen molar-refractivity contribution in [3.05, 3.63) is 0 Å². The average molecular weight is 250 g/mol. The van der Waals surface area contributed by atoms with Gasteiger partial charge in [0, 0.05) is 13.1 Å². The summed E-state index contributed by atoms with van der Waals surface area (Å²) < 4.78 is 31.5. The molecular weight excluding hydrogens is 232 g/mol. The molecule has 7 heteroatoms. The summed E-state index contributed by atoms with van der Waals surface area (Å²) >= 11 is 0. The van der Waals surface area contributed by atoms with Crippen molar-refractivity contribution in [3.63, 3.8) is 0 Å². The fraction of sp³-hybridized carbons (Fsp3) is 0.889. The molecule has 16 heavy (non-hydrogen) atoms. The molecule has 1 N–H and O–H groups in total. The van der Waals surface area contributed by atoms with Crippen LogP contribution in [0.5, 0.6) is 0 Å². The Hall–Kier alpha value is -0.660. The summed E-state index contributed by atoms with van der Waals surface area (Å²) in [5, 5.41) is 0. The third-order valence-corrected chi connectivity index (χ3v) is 4.11. The number of carbonyl (C=O) groups is 1. The molecule has 1 fully saturated rings. The lowest BCUT2D eigenvalue weighted by molar-refractivity contribution is -0.139. The number of carbonyl (C=O) groups excluding carboxylic acids is 1. The van der Waals surface area contributed by atoms with Crippen LogP contribution < -0.4 is 4.72 Å². The van der Waals surface area contributed by atoms with Crippen molar-refractivity contribution >= 4 is 16.2 Å². The molecule has 0 spiro atoms. The third kappa shape index (κ3) is 3.73. The van der Waals surface area contributed by atoms with Gasteiger partial charge in [0.05, 0.1) is 7.11 Å². The monoisotopic (exact) mass is 250 g/mol. The largest absolute Gasteiger partial charge is 0.468 e. The minimum atomic E-state index is -3.54. The summed E-state index contributed by atoms with van der Waals surface area (Å²) in [6, 6.07) is 0. The van der Waals surface area contributed by atoms with Crippen LogP contribution in [0.15, 0.2) is 0 Å². The van der Waals surface area contributed by atoms with Crippen LogP contribution in [0.25, 0.3) is 0 Å². The fourth-order valence-electron chi connectivity index (χ4n) is 1.68. The molecule has 0 aromatic carbocycles. The highest BCUT2D eigenvalue weighted by Crippen LogP contribution is 2.17. The van der Waals surface area contributed by atoms with Gasteiger partial charge in [0.2, 0.25) is 0 Å². The lowest BCUT2D eigenvalue weighted by Gasteiger charge is -2.29. The third-order valence-electron chi connectivity index (χ3n) is 2.59. The molecule has 0 aliphatic carbocycles. The van der Waals surface area contributed by atoms with E-state index >= 15 is 0 Å². The molecule has 0 radical (unpaired) electrons. The Labute approximate surface area is 96.1 Å². The average Bonchev–Trinajstić information content (AvgIpc) is 2.26. The van der Waals surface area contributed by atoms with Crippen molar-refractivity contribution in [2.75, 3.05) is 26.7 Å². The lowest BCUT2D eigenvalue weighted by atomic mass is 10.0. The Kier molecular flexibility index (Phi) is 4.69. The second-order valence-corrected chi connectivity index (χ2v) is 5.76. The topological polar surface area (TPSA) is 75.7 Å². The van der Waals surface area contributed by atoms with E-state index in [1.54, 1.807) is 0 Å². The van der Waals surface area contributed by atoms with E-state index in [0.717, 1.165) is 12.8 Å². The minimum absolute atomic E-state index is 0.316. The molecule has 1 rings (SSSR count). The van der Waals surface area contributed by atoms with Gasteiger partial charge < -0.3 is 4.74 Å². The molecule has 6 nitrogen and oxygen atoms in total. The van der Waals surface area contributed by atoms with Crippen molar-refractivity contribution in [1.29, 1.82) is 0 Å². The lowest BCUT2D eigenvalue weighted by Crippen LogP contribution is -2.46. The van der Waals surface area contributed by atoms with Crippen LogP contribution in [0.3, 0.4) is 0 Å². The first-order chi connectivity index (χ1) is 7.45. The maximum atomic E-state index is 11.8. The Morgan fingerprint density at radius 2 is 2.25 bits per heavy atom. The zero-order chi connectivity index (χ0) is 12.2. The Bertz CT molecular complexity index is 341. The molecule has 1 aliphatic rings. The highest BCUT2D eigenvalue weighted by atomic mass is 32.2. The summed E-state index contributed by atoms with van der Waals surface area (Å²) in [5.74, 6) is -0.225. The molecule has 0 bridgehead atoms. The van der Waals surface area contributed by atoms with E-state index in [1.165, 1.54) is 11.4 Å². The maximum Gasteiger partial charge on any atom is 0.320 e. The Balaban J connectivity index is 2.52. The second-order valence-electron chi connectivity index (χ2n) is 4.01. The van der Waals surface area contributed by atoms with Gasteiger partial charge in [0.15, 0.2) is 0 Å². The highest BCUT2D eigenvalue weighted by molar-refractivity contribution is 7.87. The van der Waals surface area contributed by atoms with E-state index in [4.69, 9.17) is 0 Å². The van der Waals surface area contributed by atoms with Gasteiger partial charge in [-0.25, -0.2) is 0 Å². The predicted octanol–water partition coefficient (Wildman–Crippen LogP) is -0.274. The van der Waals surface area contributed by atoms with Crippen LogP contribution in [0, 0.1) is 5.92 Å². The van der Waals surface area contributed by atoms with E-state index in [2.05, 4.69) is 9.46 Å². The van der Waals surface area contributed by atoms with E-state index in [-0.39, 0.29) is 6.54 Å². The van der Waals surface area contributed by atoms with E-state index in [9.17, 15) is 13.2 Å². The molecule has 0 aromatic heterocycles. The van der Waals surface area contributed by atoms with Gasteiger partial charge >= 0.3 is 5.97 Å². The first kappa shape index (κ1) is 13.4. The second kappa shape index (κ2) is 5.60. The summed E-state index contributed by atoms with van der Waals surface area (Å²) in [6.07, 6.45) is 1.91. The number of esters is 1. The van der Waals surface area contributed by atoms with Gasteiger partial charge in [-0.3, -0.25) is 4.79 Å². The molecule has 0 saturated carbocycles. The van der Waals surface area contributed by atoms with E-state index in [0.29, 0.717) is 19.0 Å². The number of ether oxygens (including phenoxy) is 1. The summed E-state index contributed by atoms with van der Waals surface area (Å²) in [4.78, 5) is 10.8. The molecule has 1 unspecified atom stereocenters. The van der Waals surface area contributed by atoms with Gasteiger partial charge in [-0.05, 0) is 18.8 Å². The molecular formula is C9H18N2O4S. The Morgan fingerprint density at radius 1 is 1.56 bits per heavy atom. The van der Waals surface area contributed by atoms with Crippen LogP contribution >= 0.6 is 0 Å². The number of nitrogens with zero attached hydrogens (tertiary/aromatic N) is 1. The summed E-state index contributed by atoms with van der Waals surface area (Å²) in [6.45, 7) is 2.73. The molecule has 0 amide bonds. The van der Waals surface area contributed by atoms with Crippen molar-refractivity contribution in [2.45, 2.75) is 19.8 Å². The highest BCUT2D eigenvalue weighted by Gasteiger charge is 2.27. The van der Waals surface area contributed by atoms with Gasteiger partial charge in [-0.1, -0.05) is 6.92 Å².